The van der Waals surface area contributed by atoms with Gasteiger partial charge in [0.2, 0.25) is 0 Å². The lowest BCUT2D eigenvalue weighted by Gasteiger charge is -2.28. The van der Waals surface area contributed by atoms with Crippen molar-refractivity contribution in [2.75, 3.05) is 6.54 Å². The Morgan fingerprint density at radius 2 is 1.95 bits per heavy atom. The maximum Gasteiger partial charge on any atom is 0.415 e. The number of fused-ring (bicyclic) bond motifs is 1. The molecular formula is C17H18N2O2. The molecule has 2 aromatic carbocycles. The molecule has 1 aliphatic heterocycles. The second kappa shape index (κ2) is 5.97. The van der Waals surface area contributed by atoms with Crippen molar-refractivity contribution in [2.24, 2.45) is 5.73 Å². The molecule has 0 aliphatic carbocycles. The molecule has 0 atom stereocenters. The fraction of sp³-hybridized carbons (Fsp3) is 0.235. The number of carbonyl (C=O) groups is 1. The molecular weight excluding hydrogens is 264 g/mol. The largest absolute Gasteiger partial charge is 0.415 e. The molecule has 108 valence electrons. The van der Waals surface area contributed by atoms with Crippen LogP contribution in [0.2, 0.25) is 0 Å². The molecule has 4 heteroatoms. The van der Waals surface area contributed by atoms with Gasteiger partial charge in [0.1, 0.15) is 5.75 Å². The van der Waals surface area contributed by atoms with Gasteiger partial charge in [0.05, 0.1) is 0 Å². The van der Waals surface area contributed by atoms with Crippen LogP contribution in [0.3, 0.4) is 0 Å². The Balaban J connectivity index is 1.69. The van der Waals surface area contributed by atoms with Crippen LogP contribution in [0.1, 0.15) is 16.7 Å². The van der Waals surface area contributed by atoms with E-state index in [0.717, 1.165) is 12.0 Å². The summed E-state index contributed by atoms with van der Waals surface area (Å²) in [5.74, 6) is 0.543. The summed E-state index contributed by atoms with van der Waals surface area (Å²) in [6, 6.07) is 15.5. The van der Waals surface area contributed by atoms with Crippen molar-refractivity contribution in [2.45, 2.75) is 19.5 Å². The summed E-state index contributed by atoms with van der Waals surface area (Å²) in [4.78, 5) is 14.0. The molecule has 0 radical (unpaired) electrons. The SMILES string of the molecule is NCc1cccc(OC(=O)N2CCc3ccccc3C2)c1. The monoisotopic (exact) mass is 282 g/mol. The van der Waals surface area contributed by atoms with Gasteiger partial charge in [-0.2, -0.15) is 0 Å². The smallest absolute Gasteiger partial charge is 0.410 e. The Kier molecular flexibility index (Phi) is 3.88. The molecule has 1 heterocycles. The van der Waals surface area contributed by atoms with E-state index in [1.54, 1.807) is 17.0 Å². The zero-order valence-electron chi connectivity index (χ0n) is 11.8. The standard InChI is InChI=1S/C17H18N2O2/c18-11-13-4-3-7-16(10-13)21-17(20)19-9-8-14-5-1-2-6-15(14)12-19/h1-7,10H,8-9,11-12,18H2. The second-order valence-electron chi connectivity index (χ2n) is 5.16. The summed E-state index contributed by atoms with van der Waals surface area (Å²) in [6.07, 6.45) is 0.562. The van der Waals surface area contributed by atoms with E-state index in [4.69, 9.17) is 10.5 Å². The van der Waals surface area contributed by atoms with E-state index < -0.39 is 0 Å². The fourth-order valence-corrected chi connectivity index (χ4v) is 2.55. The van der Waals surface area contributed by atoms with Crippen LogP contribution >= 0.6 is 0 Å². The van der Waals surface area contributed by atoms with Crippen LogP contribution in [-0.4, -0.2) is 17.5 Å². The molecule has 4 nitrogen and oxygen atoms in total. The third-order valence-electron chi connectivity index (χ3n) is 3.73. The highest BCUT2D eigenvalue weighted by atomic mass is 16.6. The maximum absolute atomic E-state index is 12.2. The maximum atomic E-state index is 12.2. The predicted octanol–water partition coefficient (Wildman–Crippen LogP) is 2.70. The number of hydrogen-bond acceptors (Lipinski definition) is 3. The summed E-state index contributed by atoms with van der Waals surface area (Å²) >= 11 is 0. The number of nitrogens with zero attached hydrogens (tertiary/aromatic N) is 1. The molecule has 0 fully saturated rings. The number of rotatable bonds is 2. The van der Waals surface area contributed by atoms with Crippen molar-refractivity contribution in [1.82, 2.24) is 4.90 Å². The Morgan fingerprint density at radius 1 is 1.14 bits per heavy atom. The Hall–Kier alpha value is -2.33. The summed E-state index contributed by atoms with van der Waals surface area (Å²) < 4.78 is 5.44. The molecule has 0 aromatic heterocycles. The van der Waals surface area contributed by atoms with Crippen LogP contribution in [-0.2, 0) is 19.5 Å². The van der Waals surface area contributed by atoms with Crippen molar-refractivity contribution in [3.63, 3.8) is 0 Å². The highest BCUT2D eigenvalue weighted by Crippen LogP contribution is 2.20. The third kappa shape index (κ3) is 3.06. The van der Waals surface area contributed by atoms with Crippen molar-refractivity contribution < 1.29 is 9.53 Å². The van der Waals surface area contributed by atoms with Gasteiger partial charge in [0.25, 0.3) is 0 Å². The van der Waals surface area contributed by atoms with Crippen LogP contribution in [0.4, 0.5) is 4.79 Å². The van der Waals surface area contributed by atoms with Crippen LogP contribution in [0, 0.1) is 0 Å². The van der Waals surface area contributed by atoms with Crippen molar-refractivity contribution >= 4 is 6.09 Å². The van der Waals surface area contributed by atoms with Crippen LogP contribution in [0.25, 0.3) is 0 Å². The lowest BCUT2D eigenvalue weighted by atomic mass is 10.0. The number of carbonyl (C=O) groups excluding carboxylic acids is 1. The van der Waals surface area contributed by atoms with Crippen molar-refractivity contribution in [3.05, 3.63) is 65.2 Å². The summed E-state index contributed by atoms with van der Waals surface area (Å²) in [5.41, 5.74) is 9.05. The van der Waals surface area contributed by atoms with Gasteiger partial charge in [0, 0.05) is 19.6 Å². The van der Waals surface area contributed by atoms with Gasteiger partial charge in [-0.3, -0.25) is 0 Å². The van der Waals surface area contributed by atoms with Gasteiger partial charge in [-0.05, 0) is 35.2 Å². The normalized spacial score (nSPS) is 13.7. The van der Waals surface area contributed by atoms with Gasteiger partial charge < -0.3 is 15.4 Å². The van der Waals surface area contributed by atoms with Crippen molar-refractivity contribution in [3.8, 4) is 5.75 Å². The van der Waals surface area contributed by atoms with Gasteiger partial charge in [-0.1, -0.05) is 36.4 Å². The van der Waals surface area contributed by atoms with Crippen LogP contribution in [0.5, 0.6) is 5.75 Å². The number of nitrogens with two attached hydrogens (primary N) is 1. The van der Waals surface area contributed by atoms with Gasteiger partial charge in [-0.15, -0.1) is 0 Å². The van der Waals surface area contributed by atoms with E-state index in [1.807, 2.05) is 24.3 Å². The summed E-state index contributed by atoms with van der Waals surface area (Å²) in [5, 5.41) is 0. The molecule has 0 saturated carbocycles. The summed E-state index contributed by atoms with van der Waals surface area (Å²) in [7, 11) is 0. The minimum Gasteiger partial charge on any atom is -0.410 e. The van der Waals surface area contributed by atoms with Gasteiger partial charge >= 0.3 is 6.09 Å². The first kappa shape index (κ1) is 13.6. The van der Waals surface area contributed by atoms with E-state index in [2.05, 4.69) is 12.1 Å². The quantitative estimate of drug-likeness (QED) is 0.921. The van der Waals surface area contributed by atoms with Crippen LogP contribution in [0.15, 0.2) is 48.5 Å². The highest BCUT2D eigenvalue weighted by Gasteiger charge is 2.21. The Labute approximate surface area is 124 Å². The van der Waals surface area contributed by atoms with E-state index in [-0.39, 0.29) is 6.09 Å². The van der Waals surface area contributed by atoms with Crippen LogP contribution < -0.4 is 10.5 Å². The molecule has 2 aromatic rings. The minimum absolute atomic E-state index is 0.307. The molecule has 0 spiro atoms. The third-order valence-corrected chi connectivity index (χ3v) is 3.73. The van der Waals surface area contributed by atoms with E-state index >= 15 is 0 Å². The first-order valence-corrected chi connectivity index (χ1v) is 7.09. The fourth-order valence-electron chi connectivity index (χ4n) is 2.55. The van der Waals surface area contributed by atoms with Gasteiger partial charge in [0.15, 0.2) is 0 Å². The molecule has 2 N–H and O–H groups in total. The second-order valence-corrected chi connectivity index (χ2v) is 5.16. The number of hydrogen-bond donors (Lipinski definition) is 1. The first-order chi connectivity index (χ1) is 10.3. The molecule has 3 rings (SSSR count). The minimum atomic E-state index is -0.307. The zero-order chi connectivity index (χ0) is 14.7. The predicted molar refractivity (Wildman–Crippen MR) is 80.9 cm³/mol. The van der Waals surface area contributed by atoms with Crippen molar-refractivity contribution in [1.29, 1.82) is 0 Å². The molecule has 1 aliphatic rings. The topological polar surface area (TPSA) is 55.6 Å². The number of amides is 1. The van der Waals surface area contributed by atoms with E-state index in [1.165, 1.54) is 11.1 Å². The highest BCUT2D eigenvalue weighted by molar-refractivity contribution is 5.71. The Morgan fingerprint density at radius 3 is 2.76 bits per heavy atom. The van der Waals surface area contributed by atoms with E-state index in [9.17, 15) is 4.79 Å². The Bertz CT molecular complexity index is 655. The lowest BCUT2D eigenvalue weighted by Crippen LogP contribution is -2.37. The molecule has 0 saturated heterocycles. The average Bonchev–Trinajstić information content (AvgIpc) is 2.54. The lowest BCUT2D eigenvalue weighted by molar-refractivity contribution is 0.147. The zero-order valence-corrected chi connectivity index (χ0v) is 11.8. The van der Waals surface area contributed by atoms with Gasteiger partial charge in [-0.25, -0.2) is 4.79 Å². The summed E-state index contributed by atoms with van der Waals surface area (Å²) in [6.45, 7) is 1.72. The average molecular weight is 282 g/mol. The molecule has 1 amide bonds. The molecule has 21 heavy (non-hydrogen) atoms. The first-order valence-electron chi connectivity index (χ1n) is 7.09. The van der Waals surface area contributed by atoms with E-state index in [0.29, 0.717) is 25.4 Å². The molecule has 0 unspecified atom stereocenters. The number of benzene rings is 2. The molecule has 0 bridgehead atoms. The number of ether oxygens (including phenoxy) is 1.